The van der Waals surface area contributed by atoms with Crippen molar-refractivity contribution in [2.45, 2.75) is 6.92 Å². The molecule has 0 fully saturated rings. The van der Waals surface area contributed by atoms with Gasteiger partial charge in [-0.2, -0.15) is 0 Å². The first-order valence-corrected chi connectivity index (χ1v) is 5.21. The molecule has 1 aromatic carbocycles. The molecule has 0 aliphatic carbocycles. The normalized spacial score (nSPS) is 10.4. The van der Waals surface area contributed by atoms with Crippen LogP contribution in [-0.4, -0.2) is 10.9 Å². The molecule has 3 nitrogen and oxygen atoms in total. The monoisotopic (exact) mass is 248 g/mol. The minimum absolute atomic E-state index is 0.119. The SMILES string of the molecule is Cc1nc(C(N)=O)ccc1-c1cc(F)cc(F)c1. The van der Waals surface area contributed by atoms with Gasteiger partial charge in [0.05, 0.1) is 0 Å². The highest BCUT2D eigenvalue weighted by Crippen LogP contribution is 2.24. The number of aromatic nitrogens is 1. The molecule has 0 atom stereocenters. The summed E-state index contributed by atoms with van der Waals surface area (Å²) in [5.74, 6) is -1.97. The third kappa shape index (κ3) is 2.34. The van der Waals surface area contributed by atoms with Crippen molar-refractivity contribution in [2.24, 2.45) is 5.73 Å². The number of nitrogens with zero attached hydrogens (tertiary/aromatic N) is 1. The highest BCUT2D eigenvalue weighted by atomic mass is 19.1. The maximum Gasteiger partial charge on any atom is 0.267 e. The number of hydrogen-bond donors (Lipinski definition) is 1. The van der Waals surface area contributed by atoms with Gasteiger partial charge in [0.25, 0.3) is 5.91 Å². The fourth-order valence-corrected chi connectivity index (χ4v) is 1.71. The lowest BCUT2D eigenvalue weighted by atomic mass is 10.0. The Kier molecular flexibility index (Phi) is 3.06. The predicted octanol–water partition coefficient (Wildman–Crippen LogP) is 2.43. The summed E-state index contributed by atoms with van der Waals surface area (Å²) in [5, 5.41) is 0. The minimum atomic E-state index is -0.664. The molecule has 5 heteroatoms. The lowest BCUT2D eigenvalue weighted by Crippen LogP contribution is -2.13. The van der Waals surface area contributed by atoms with Crippen LogP contribution in [0.4, 0.5) is 8.78 Å². The topological polar surface area (TPSA) is 56.0 Å². The van der Waals surface area contributed by atoms with Gasteiger partial charge in [0.2, 0.25) is 0 Å². The molecule has 0 saturated heterocycles. The number of carbonyl (C=O) groups excluding carboxylic acids is 1. The summed E-state index contributed by atoms with van der Waals surface area (Å²) in [6.45, 7) is 1.64. The summed E-state index contributed by atoms with van der Waals surface area (Å²) in [6.07, 6.45) is 0. The van der Waals surface area contributed by atoms with Gasteiger partial charge >= 0.3 is 0 Å². The van der Waals surface area contributed by atoms with Crippen molar-refractivity contribution in [3.63, 3.8) is 0 Å². The van der Waals surface area contributed by atoms with Crippen molar-refractivity contribution in [3.05, 3.63) is 53.4 Å². The highest BCUT2D eigenvalue weighted by molar-refractivity contribution is 5.91. The number of benzene rings is 1. The van der Waals surface area contributed by atoms with Crippen LogP contribution >= 0.6 is 0 Å². The van der Waals surface area contributed by atoms with Gasteiger partial charge in [0.15, 0.2) is 0 Å². The summed E-state index contributed by atoms with van der Waals surface area (Å²) in [6, 6.07) is 6.20. The summed E-state index contributed by atoms with van der Waals surface area (Å²) in [7, 11) is 0. The summed E-state index contributed by atoms with van der Waals surface area (Å²) in [4.78, 5) is 14.9. The van der Waals surface area contributed by atoms with Gasteiger partial charge < -0.3 is 5.73 Å². The third-order valence-electron chi connectivity index (χ3n) is 2.51. The van der Waals surface area contributed by atoms with Crippen LogP contribution in [0.25, 0.3) is 11.1 Å². The Hall–Kier alpha value is -2.30. The number of nitrogens with two attached hydrogens (primary N) is 1. The van der Waals surface area contributed by atoms with E-state index >= 15 is 0 Å². The van der Waals surface area contributed by atoms with E-state index in [1.165, 1.54) is 18.2 Å². The second-order valence-corrected chi connectivity index (χ2v) is 3.85. The van der Waals surface area contributed by atoms with Crippen molar-refractivity contribution < 1.29 is 13.6 Å². The van der Waals surface area contributed by atoms with Crippen LogP contribution in [0.3, 0.4) is 0 Å². The fraction of sp³-hybridized carbons (Fsp3) is 0.0769. The quantitative estimate of drug-likeness (QED) is 0.887. The summed E-state index contributed by atoms with van der Waals surface area (Å²) in [5.41, 5.74) is 6.62. The van der Waals surface area contributed by atoms with E-state index in [-0.39, 0.29) is 5.69 Å². The van der Waals surface area contributed by atoms with E-state index in [9.17, 15) is 13.6 Å². The van der Waals surface area contributed by atoms with Crippen molar-refractivity contribution in [1.82, 2.24) is 4.98 Å². The molecule has 2 N–H and O–H groups in total. The highest BCUT2D eigenvalue weighted by Gasteiger charge is 2.09. The first-order valence-electron chi connectivity index (χ1n) is 5.21. The smallest absolute Gasteiger partial charge is 0.267 e. The number of carbonyl (C=O) groups is 1. The molecule has 0 saturated carbocycles. The van der Waals surface area contributed by atoms with Crippen molar-refractivity contribution in [1.29, 1.82) is 0 Å². The molecule has 0 unspecified atom stereocenters. The standard InChI is InChI=1S/C13H10F2N2O/c1-7-11(2-3-12(17-7)13(16)18)8-4-9(14)6-10(15)5-8/h2-6H,1H3,(H2,16,18). The molecule has 92 valence electrons. The zero-order chi connectivity index (χ0) is 13.3. The van der Waals surface area contributed by atoms with Gasteiger partial charge in [0, 0.05) is 17.3 Å². The molecule has 0 radical (unpaired) electrons. The van der Waals surface area contributed by atoms with Crippen LogP contribution in [0, 0.1) is 18.6 Å². The number of aryl methyl sites for hydroxylation is 1. The zero-order valence-electron chi connectivity index (χ0n) is 9.58. The Labute approximate surface area is 102 Å². The van der Waals surface area contributed by atoms with Crippen LogP contribution < -0.4 is 5.73 Å². The van der Waals surface area contributed by atoms with Gasteiger partial charge in [0.1, 0.15) is 17.3 Å². The lowest BCUT2D eigenvalue weighted by Gasteiger charge is -2.07. The van der Waals surface area contributed by atoms with E-state index in [1.807, 2.05) is 0 Å². The van der Waals surface area contributed by atoms with Gasteiger partial charge in [-0.05, 0) is 30.7 Å². The van der Waals surface area contributed by atoms with Crippen molar-refractivity contribution >= 4 is 5.91 Å². The largest absolute Gasteiger partial charge is 0.364 e. The maximum atomic E-state index is 13.1. The molecular weight excluding hydrogens is 238 g/mol. The molecule has 1 aromatic heterocycles. The number of rotatable bonds is 2. The summed E-state index contributed by atoms with van der Waals surface area (Å²) < 4.78 is 26.2. The van der Waals surface area contributed by atoms with E-state index < -0.39 is 17.5 Å². The average molecular weight is 248 g/mol. The number of hydrogen-bond acceptors (Lipinski definition) is 2. The van der Waals surface area contributed by atoms with Crippen molar-refractivity contribution in [3.8, 4) is 11.1 Å². The van der Waals surface area contributed by atoms with Gasteiger partial charge in [-0.1, -0.05) is 6.07 Å². The first-order chi connectivity index (χ1) is 8.47. The molecular formula is C13H10F2N2O. The second kappa shape index (κ2) is 4.52. The van der Waals surface area contributed by atoms with Crippen molar-refractivity contribution in [2.75, 3.05) is 0 Å². The van der Waals surface area contributed by atoms with Gasteiger partial charge in [-0.3, -0.25) is 4.79 Å². The molecule has 2 aromatic rings. The van der Waals surface area contributed by atoms with Gasteiger partial charge in [-0.15, -0.1) is 0 Å². The van der Waals surface area contributed by atoms with E-state index in [0.717, 1.165) is 6.07 Å². The minimum Gasteiger partial charge on any atom is -0.364 e. The number of primary amides is 1. The van der Waals surface area contributed by atoms with Crippen LogP contribution in [0.15, 0.2) is 30.3 Å². The van der Waals surface area contributed by atoms with E-state index in [2.05, 4.69) is 4.98 Å². The predicted molar refractivity (Wildman–Crippen MR) is 62.8 cm³/mol. The number of amides is 1. The first kappa shape index (κ1) is 12.2. The van der Waals surface area contributed by atoms with Crippen LogP contribution in [0.2, 0.25) is 0 Å². The van der Waals surface area contributed by atoms with E-state index in [0.29, 0.717) is 16.8 Å². The zero-order valence-corrected chi connectivity index (χ0v) is 9.58. The Morgan fingerprint density at radius 1 is 1.17 bits per heavy atom. The fourth-order valence-electron chi connectivity index (χ4n) is 1.71. The van der Waals surface area contributed by atoms with E-state index in [1.54, 1.807) is 13.0 Å². The molecule has 1 heterocycles. The number of halogens is 2. The molecule has 2 rings (SSSR count). The lowest BCUT2D eigenvalue weighted by molar-refractivity contribution is 0.0995. The van der Waals surface area contributed by atoms with E-state index in [4.69, 9.17) is 5.73 Å². The average Bonchev–Trinajstić information content (AvgIpc) is 2.27. The summed E-state index contributed by atoms with van der Waals surface area (Å²) >= 11 is 0. The Bertz CT molecular complexity index is 606. The Balaban J connectivity index is 2.54. The van der Waals surface area contributed by atoms with Crippen LogP contribution in [0.1, 0.15) is 16.2 Å². The van der Waals surface area contributed by atoms with Gasteiger partial charge in [-0.25, -0.2) is 13.8 Å². The number of pyridine rings is 1. The third-order valence-corrected chi connectivity index (χ3v) is 2.51. The Morgan fingerprint density at radius 2 is 1.78 bits per heavy atom. The molecule has 0 spiro atoms. The van der Waals surface area contributed by atoms with Crippen LogP contribution in [0.5, 0.6) is 0 Å². The molecule has 18 heavy (non-hydrogen) atoms. The maximum absolute atomic E-state index is 13.1. The molecule has 1 amide bonds. The van der Waals surface area contributed by atoms with Crippen LogP contribution in [-0.2, 0) is 0 Å². The molecule has 0 aliphatic heterocycles. The Morgan fingerprint density at radius 3 is 2.28 bits per heavy atom. The molecule has 0 bridgehead atoms. The molecule has 0 aliphatic rings. The second-order valence-electron chi connectivity index (χ2n) is 3.85.